The third kappa shape index (κ3) is 3.96. The predicted octanol–water partition coefficient (Wildman–Crippen LogP) is 3.84. The Balaban J connectivity index is 1.38. The third-order valence-electron chi connectivity index (χ3n) is 11.1. The summed E-state index contributed by atoms with van der Waals surface area (Å²) in [6.07, 6.45) is 5.68. The average molecular weight is 569 g/mol. The van der Waals surface area contributed by atoms with Crippen LogP contribution in [-0.4, -0.2) is 57.0 Å². The van der Waals surface area contributed by atoms with Crippen molar-refractivity contribution in [3.63, 3.8) is 0 Å². The monoisotopic (exact) mass is 568 g/mol. The Hall–Kier alpha value is -2.43. The van der Waals surface area contributed by atoms with Gasteiger partial charge in [0.1, 0.15) is 12.4 Å². The van der Waals surface area contributed by atoms with E-state index in [1.54, 1.807) is 26.1 Å². The molecule has 0 radical (unpaired) electrons. The van der Waals surface area contributed by atoms with Crippen molar-refractivity contribution in [2.45, 2.75) is 90.0 Å². The molecule has 1 aromatic rings. The lowest BCUT2D eigenvalue weighted by molar-refractivity contribution is -0.226. The van der Waals surface area contributed by atoms with Crippen LogP contribution in [0.2, 0.25) is 0 Å². The van der Waals surface area contributed by atoms with Crippen molar-refractivity contribution in [1.29, 1.82) is 0 Å². The number of nitrogens with zero attached hydrogens (tertiary/aromatic N) is 1. The van der Waals surface area contributed by atoms with Gasteiger partial charge in [0, 0.05) is 11.0 Å². The van der Waals surface area contributed by atoms with Crippen molar-refractivity contribution in [1.82, 2.24) is 0 Å². The largest absolute Gasteiger partial charge is 0.404 e. The molecule has 4 aliphatic carbocycles. The Morgan fingerprint density at radius 2 is 2.00 bits per heavy atom. The first kappa shape index (κ1) is 28.7. The second kappa shape index (κ2) is 9.54. The van der Waals surface area contributed by atoms with Crippen molar-refractivity contribution in [2.24, 2.45) is 39.3 Å². The molecule has 1 saturated heterocycles. The SMILES string of the molecule is CC1(C)O[C@@H]2CC3[C@@H]4CCC5=CC(=Nc6ccc(F)c(CO)c6)C(=CN)C[C@]5(C)C4C(O)C[C@]3(C)[C@]2(C(=O)CO)O1. The summed E-state index contributed by atoms with van der Waals surface area (Å²) >= 11 is 0. The normalized spacial score (nSPS) is 42.8. The maximum atomic E-state index is 14.0. The summed E-state index contributed by atoms with van der Waals surface area (Å²) < 4.78 is 26.7. The van der Waals surface area contributed by atoms with Gasteiger partial charge in [0.25, 0.3) is 0 Å². The fourth-order valence-electron chi connectivity index (χ4n) is 9.54. The molecule has 5 N–H and O–H groups in total. The summed E-state index contributed by atoms with van der Waals surface area (Å²) in [6.45, 7) is 6.80. The van der Waals surface area contributed by atoms with Gasteiger partial charge in [-0.05, 0) is 105 Å². The van der Waals surface area contributed by atoms with E-state index in [-0.39, 0.29) is 34.5 Å². The molecule has 41 heavy (non-hydrogen) atoms. The van der Waals surface area contributed by atoms with Crippen LogP contribution < -0.4 is 5.73 Å². The highest BCUT2D eigenvalue weighted by atomic mass is 19.1. The molecule has 0 amide bonds. The number of carbonyl (C=O) groups excluding carboxylic acids is 1. The van der Waals surface area contributed by atoms with E-state index in [9.17, 15) is 24.5 Å². The van der Waals surface area contributed by atoms with Crippen LogP contribution in [0.3, 0.4) is 0 Å². The number of ketones is 1. The molecule has 3 saturated carbocycles. The summed E-state index contributed by atoms with van der Waals surface area (Å²) in [5, 5.41) is 31.5. The van der Waals surface area contributed by atoms with Gasteiger partial charge in [0.2, 0.25) is 0 Å². The molecule has 3 unspecified atom stereocenters. The molecule has 8 nitrogen and oxygen atoms in total. The molecule has 1 aromatic carbocycles. The molecule has 4 fully saturated rings. The standard InChI is InChI=1S/C32H41FN2O6/c1-29(2)40-27-11-22-21-7-5-19-10-24(35-20-6-8-23(33)17(9-20)15-36)18(14-34)12-30(19,3)28(21)25(38)13-31(22,4)32(27,41-29)26(39)16-37/h6,8-10,14,21-22,25,27-28,36-38H,5,7,11-13,15-16,34H2,1-4H3/t21-,22?,25?,27+,28?,30-,31-,32+/m0/s1. The van der Waals surface area contributed by atoms with E-state index >= 15 is 0 Å². The number of rotatable bonds is 4. The molecule has 222 valence electrons. The molecule has 5 aliphatic rings. The van der Waals surface area contributed by atoms with Crippen molar-refractivity contribution >= 4 is 17.2 Å². The predicted molar refractivity (Wildman–Crippen MR) is 150 cm³/mol. The van der Waals surface area contributed by atoms with E-state index in [1.165, 1.54) is 17.7 Å². The molecule has 6 rings (SSSR count). The van der Waals surface area contributed by atoms with Crippen LogP contribution in [-0.2, 0) is 20.9 Å². The maximum absolute atomic E-state index is 14.0. The topological polar surface area (TPSA) is 135 Å². The number of ether oxygens (including phenoxy) is 2. The summed E-state index contributed by atoms with van der Waals surface area (Å²) in [5.41, 5.74) is 7.24. The average Bonchev–Trinajstić information content (AvgIpc) is 3.34. The molecule has 0 bridgehead atoms. The summed E-state index contributed by atoms with van der Waals surface area (Å²) in [6, 6.07) is 4.42. The minimum Gasteiger partial charge on any atom is -0.404 e. The van der Waals surface area contributed by atoms with E-state index in [0.717, 1.165) is 18.4 Å². The number of fused-ring (bicyclic) bond motifs is 7. The fourth-order valence-corrected chi connectivity index (χ4v) is 9.54. The zero-order valence-electron chi connectivity index (χ0n) is 24.2. The van der Waals surface area contributed by atoms with Gasteiger partial charge in [-0.15, -0.1) is 0 Å². The second-order valence-corrected chi connectivity index (χ2v) is 13.6. The lowest BCUT2D eigenvalue weighted by Gasteiger charge is -2.61. The summed E-state index contributed by atoms with van der Waals surface area (Å²) in [4.78, 5) is 18.2. The summed E-state index contributed by atoms with van der Waals surface area (Å²) in [7, 11) is 0. The zero-order chi connectivity index (χ0) is 29.5. The molecule has 0 spiro atoms. The zero-order valence-corrected chi connectivity index (χ0v) is 24.2. The molecular weight excluding hydrogens is 527 g/mol. The van der Waals surface area contributed by atoms with Crippen LogP contribution in [0.25, 0.3) is 0 Å². The number of nitrogens with two attached hydrogens (primary N) is 1. The van der Waals surface area contributed by atoms with Crippen molar-refractivity contribution in [3.05, 3.63) is 53.0 Å². The Labute approximate surface area is 240 Å². The van der Waals surface area contributed by atoms with E-state index < -0.39 is 48.0 Å². The smallest absolute Gasteiger partial charge is 0.193 e. The number of aliphatic hydroxyl groups is 3. The molecule has 0 aromatic heterocycles. The van der Waals surface area contributed by atoms with Crippen molar-refractivity contribution in [3.8, 4) is 0 Å². The Bertz CT molecular complexity index is 1370. The first-order valence-electron chi connectivity index (χ1n) is 14.6. The number of hydrogen-bond acceptors (Lipinski definition) is 8. The second-order valence-electron chi connectivity index (χ2n) is 13.6. The minimum absolute atomic E-state index is 0.0716. The van der Waals surface area contributed by atoms with Gasteiger partial charge in [-0.3, -0.25) is 4.79 Å². The van der Waals surface area contributed by atoms with Gasteiger partial charge in [-0.2, -0.15) is 0 Å². The third-order valence-corrected chi connectivity index (χ3v) is 11.1. The van der Waals surface area contributed by atoms with Crippen LogP contribution in [0.1, 0.15) is 65.4 Å². The number of aliphatic hydroxyl groups excluding tert-OH is 3. The number of allylic oxidation sites excluding steroid dienone is 3. The number of carbonyl (C=O) groups is 1. The van der Waals surface area contributed by atoms with Crippen LogP contribution in [0.4, 0.5) is 10.1 Å². The first-order valence-corrected chi connectivity index (χ1v) is 14.6. The fraction of sp³-hybridized carbons (Fsp3) is 0.625. The van der Waals surface area contributed by atoms with Gasteiger partial charge in [0.15, 0.2) is 17.2 Å². The molecule has 1 aliphatic heterocycles. The summed E-state index contributed by atoms with van der Waals surface area (Å²) in [5.74, 6) is -1.68. The minimum atomic E-state index is -1.30. The Morgan fingerprint density at radius 3 is 2.68 bits per heavy atom. The number of Topliss-reactive ketones (excluding diaryl/α,β-unsaturated/α-hetero) is 1. The number of aliphatic imine (C=N–C) groups is 1. The lowest BCUT2D eigenvalue weighted by atomic mass is 9.45. The first-order chi connectivity index (χ1) is 19.3. The highest BCUT2D eigenvalue weighted by Gasteiger charge is 2.76. The highest BCUT2D eigenvalue weighted by molar-refractivity contribution is 6.11. The number of benzene rings is 1. The van der Waals surface area contributed by atoms with Crippen molar-refractivity contribution < 1.29 is 34.0 Å². The van der Waals surface area contributed by atoms with E-state index in [0.29, 0.717) is 30.7 Å². The number of halogens is 1. The van der Waals surface area contributed by atoms with E-state index in [4.69, 9.17) is 20.2 Å². The quantitative estimate of drug-likeness (QED) is 0.434. The van der Waals surface area contributed by atoms with Gasteiger partial charge in [-0.25, -0.2) is 9.38 Å². The maximum Gasteiger partial charge on any atom is 0.193 e. The van der Waals surface area contributed by atoms with Gasteiger partial charge < -0.3 is 30.5 Å². The van der Waals surface area contributed by atoms with E-state index in [1.807, 2.05) is 6.92 Å². The highest BCUT2D eigenvalue weighted by Crippen LogP contribution is 2.70. The van der Waals surface area contributed by atoms with Gasteiger partial charge in [-0.1, -0.05) is 19.4 Å². The van der Waals surface area contributed by atoms with Gasteiger partial charge >= 0.3 is 0 Å². The van der Waals surface area contributed by atoms with Gasteiger partial charge in [0.05, 0.1) is 30.2 Å². The van der Waals surface area contributed by atoms with Crippen molar-refractivity contribution in [2.75, 3.05) is 6.61 Å². The van der Waals surface area contributed by atoms with Crippen LogP contribution in [0.5, 0.6) is 0 Å². The molecular formula is C32H41FN2O6. The number of hydrogen-bond donors (Lipinski definition) is 4. The Morgan fingerprint density at radius 1 is 1.24 bits per heavy atom. The van der Waals surface area contributed by atoms with E-state index in [2.05, 4.69) is 13.0 Å². The molecule has 9 heteroatoms. The molecule has 8 atom stereocenters. The Kier molecular flexibility index (Phi) is 6.67. The van der Waals surface area contributed by atoms with Crippen LogP contribution in [0.15, 0.2) is 46.6 Å². The van der Waals surface area contributed by atoms with Crippen LogP contribution in [0, 0.1) is 34.4 Å². The van der Waals surface area contributed by atoms with Crippen LogP contribution >= 0.6 is 0 Å². The lowest BCUT2D eigenvalue weighted by Crippen LogP contribution is -2.64. The molecule has 1 heterocycles.